The van der Waals surface area contributed by atoms with E-state index in [1.807, 2.05) is 6.92 Å². The fraction of sp³-hybridized carbons (Fsp3) is 0.385. The van der Waals surface area contributed by atoms with Crippen LogP contribution in [0.5, 0.6) is 0 Å². The van der Waals surface area contributed by atoms with Crippen molar-refractivity contribution in [2.45, 2.75) is 26.4 Å². The van der Waals surface area contributed by atoms with Crippen LogP contribution in [0.4, 0.5) is 5.69 Å². The van der Waals surface area contributed by atoms with Crippen molar-refractivity contribution in [3.05, 3.63) is 28.2 Å². The highest BCUT2D eigenvalue weighted by atomic mass is 79.9. The molecule has 0 saturated heterocycles. The Labute approximate surface area is 120 Å². The first-order chi connectivity index (χ1) is 8.95. The van der Waals surface area contributed by atoms with Crippen LogP contribution in [0.1, 0.15) is 30.6 Å². The van der Waals surface area contributed by atoms with Gasteiger partial charge in [-0.3, -0.25) is 4.79 Å². The van der Waals surface area contributed by atoms with Crippen LogP contribution in [0.15, 0.2) is 22.7 Å². The number of rotatable bonds is 5. The Balaban J connectivity index is 2.63. The van der Waals surface area contributed by atoms with Crippen molar-refractivity contribution < 1.29 is 14.3 Å². The molecule has 0 saturated carbocycles. The molecule has 0 radical (unpaired) electrons. The number of nitrogen functional groups attached to an aromatic ring is 1. The average Bonchev–Trinajstić information content (AvgIpc) is 2.38. The highest BCUT2D eigenvalue weighted by Gasteiger charge is 2.18. The van der Waals surface area contributed by atoms with Crippen molar-refractivity contribution in [3.63, 3.8) is 0 Å². The molecule has 0 spiro atoms. The quantitative estimate of drug-likeness (QED) is 0.640. The predicted octanol–water partition coefficient (Wildman–Crippen LogP) is 2.10. The third kappa shape index (κ3) is 4.55. The fourth-order valence-corrected chi connectivity index (χ4v) is 1.59. The number of anilines is 1. The Kier molecular flexibility index (Phi) is 5.82. The molecule has 3 N–H and O–H groups in total. The Hall–Kier alpha value is -1.56. The number of nitrogens with one attached hydrogen (secondary N) is 1. The van der Waals surface area contributed by atoms with Crippen LogP contribution in [-0.4, -0.2) is 24.5 Å². The van der Waals surface area contributed by atoms with Gasteiger partial charge in [-0.2, -0.15) is 0 Å². The number of carbonyl (C=O) groups excluding carboxylic acids is 2. The summed E-state index contributed by atoms with van der Waals surface area (Å²) in [6.45, 7) is 4.04. The summed E-state index contributed by atoms with van der Waals surface area (Å²) >= 11 is 3.24. The molecule has 1 aromatic carbocycles. The number of hydrogen-bond acceptors (Lipinski definition) is 4. The molecule has 1 unspecified atom stereocenters. The van der Waals surface area contributed by atoms with Crippen LogP contribution >= 0.6 is 15.9 Å². The van der Waals surface area contributed by atoms with E-state index in [2.05, 4.69) is 21.2 Å². The van der Waals surface area contributed by atoms with E-state index in [0.29, 0.717) is 22.3 Å². The summed E-state index contributed by atoms with van der Waals surface area (Å²) < 4.78 is 5.77. The normalized spacial score (nSPS) is 11.7. The summed E-state index contributed by atoms with van der Waals surface area (Å²) in [6.07, 6.45) is -0.000683. The Bertz CT molecular complexity index is 477. The maximum absolute atomic E-state index is 11.8. The standard InChI is InChI=1S/C13H17BrN2O3/c1-3-6-16-12(17)8(2)19-13(18)9-4-5-10(14)11(15)7-9/h4-5,7-8H,3,6,15H2,1-2H3,(H,16,17). The molecule has 5 nitrogen and oxygen atoms in total. The monoisotopic (exact) mass is 328 g/mol. The number of carbonyl (C=O) groups is 2. The second kappa shape index (κ2) is 7.13. The Morgan fingerprint density at radius 3 is 2.74 bits per heavy atom. The first-order valence-corrected chi connectivity index (χ1v) is 6.78. The van der Waals surface area contributed by atoms with E-state index < -0.39 is 12.1 Å². The number of ether oxygens (including phenoxy) is 1. The lowest BCUT2D eigenvalue weighted by Gasteiger charge is -2.13. The molecular formula is C13H17BrN2O3. The molecule has 0 aliphatic heterocycles. The van der Waals surface area contributed by atoms with E-state index in [1.165, 1.54) is 13.0 Å². The van der Waals surface area contributed by atoms with E-state index in [0.717, 1.165) is 6.42 Å². The van der Waals surface area contributed by atoms with Crippen LogP contribution in [0.3, 0.4) is 0 Å². The molecule has 0 fully saturated rings. The van der Waals surface area contributed by atoms with E-state index in [1.54, 1.807) is 12.1 Å². The van der Waals surface area contributed by atoms with Crippen LogP contribution in [-0.2, 0) is 9.53 Å². The maximum Gasteiger partial charge on any atom is 0.338 e. The van der Waals surface area contributed by atoms with Crippen molar-refractivity contribution in [3.8, 4) is 0 Å². The second-order valence-corrected chi connectivity index (χ2v) is 4.93. The smallest absolute Gasteiger partial charge is 0.338 e. The highest BCUT2D eigenvalue weighted by Crippen LogP contribution is 2.20. The van der Waals surface area contributed by atoms with E-state index in [-0.39, 0.29) is 5.91 Å². The van der Waals surface area contributed by atoms with Crippen molar-refractivity contribution in [2.75, 3.05) is 12.3 Å². The van der Waals surface area contributed by atoms with Crippen LogP contribution in [0, 0.1) is 0 Å². The lowest BCUT2D eigenvalue weighted by molar-refractivity contribution is -0.129. The summed E-state index contributed by atoms with van der Waals surface area (Å²) in [6, 6.07) is 4.75. The Morgan fingerprint density at radius 2 is 2.16 bits per heavy atom. The lowest BCUT2D eigenvalue weighted by atomic mass is 10.2. The van der Waals surface area contributed by atoms with Gasteiger partial charge >= 0.3 is 5.97 Å². The average molecular weight is 329 g/mol. The summed E-state index contributed by atoms with van der Waals surface area (Å²) in [5, 5.41) is 2.66. The number of benzene rings is 1. The minimum absolute atomic E-state index is 0.305. The molecule has 0 aliphatic rings. The second-order valence-electron chi connectivity index (χ2n) is 4.07. The zero-order valence-electron chi connectivity index (χ0n) is 10.9. The summed E-state index contributed by atoms with van der Waals surface area (Å²) in [7, 11) is 0. The topological polar surface area (TPSA) is 81.4 Å². The molecule has 0 aromatic heterocycles. The van der Waals surface area contributed by atoms with Crippen LogP contribution < -0.4 is 11.1 Å². The van der Waals surface area contributed by atoms with Gasteiger partial charge in [-0.1, -0.05) is 6.92 Å². The van der Waals surface area contributed by atoms with Gasteiger partial charge < -0.3 is 15.8 Å². The molecule has 104 valence electrons. The summed E-state index contributed by atoms with van der Waals surface area (Å²) in [5.41, 5.74) is 6.44. The Morgan fingerprint density at radius 1 is 1.47 bits per heavy atom. The van der Waals surface area contributed by atoms with Gasteiger partial charge in [-0.15, -0.1) is 0 Å². The number of halogens is 1. The van der Waals surface area contributed by atoms with E-state index >= 15 is 0 Å². The largest absolute Gasteiger partial charge is 0.449 e. The SMILES string of the molecule is CCCNC(=O)C(C)OC(=O)c1ccc(Br)c(N)c1. The molecule has 0 heterocycles. The maximum atomic E-state index is 11.8. The molecular weight excluding hydrogens is 312 g/mol. The number of esters is 1. The lowest BCUT2D eigenvalue weighted by Crippen LogP contribution is -2.36. The zero-order chi connectivity index (χ0) is 14.4. The molecule has 1 rings (SSSR count). The predicted molar refractivity (Wildman–Crippen MR) is 76.7 cm³/mol. The molecule has 1 amide bonds. The molecule has 0 bridgehead atoms. The highest BCUT2D eigenvalue weighted by molar-refractivity contribution is 9.10. The van der Waals surface area contributed by atoms with E-state index in [4.69, 9.17) is 10.5 Å². The zero-order valence-corrected chi connectivity index (χ0v) is 12.5. The summed E-state index contributed by atoms with van der Waals surface area (Å²) in [4.78, 5) is 23.4. The third-order valence-corrected chi connectivity index (χ3v) is 3.16. The molecule has 1 aromatic rings. The third-order valence-electron chi connectivity index (χ3n) is 2.43. The van der Waals surface area contributed by atoms with Gasteiger partial charge in [0, 0.05) is 16.7 Å². The minimum atomic E-state index is -0.830. The first-order valence-electron chi connectivity index (χ1n) is 5.99. The van der Waals surface area contributed by atoms with Crippen molar-refractivity contribution in [2.24, 2.45) is 0 Å². The number of nitrogens with two attached hydrogens (primary N) is 1. The van der Waals surface area contributed by atoms with Crippen molar-refractivity contribution in [1.29, 1.82) is 0 Å². The van der Waals surface area contributed by atoms with Gasteiger partial charge in [-0.25, -0.2) is 4.79 Å². The first kappa shape index (κ1) is 15.5. The molecule has 6 heteroatoms. The van der Waals surface area contributed by atoms with Gasteiger partial charge in [0.05, 0.1) is 5.56 Å². The fourth-order valence-electron chi connectivity index (χ4n) is 1.34. The van der Waals surface area contributed by atoms with Gasteiger partial charge in [-0.05, 0) is 47.5 Å². The summed E-state index contributed by atoms with van der Waals surface area (Å²) in [5.74, 6) is -0.876. The minimum Gasteiger partial charge on any atom is -0.449 e. The van der Waals surface area contributed by atoms with Crippen molar-refractivity contribution in [1.82, 2.24) is 5.32 Å². The molecule has 0 aliphatic carbocycles. The van der Waals surface area contributed by atoms with Gasteiger partial charge in [0.2, 0.25) is 0 Å². The van der Waals surface area contributed by atoms with Crippen LogP contribution in [0.2, 0.25) is 0 Å². The molecule has 19 heavy (non-hydrogen) atoms. The van der Waals surface area contributed by atoms with Crippen LogP contribution in [0.25, 0.3) is 0 Å². The van der Waals surface area contributed by atoms with Gasteiger partial charge in [0.15, 0.2) is 6.10 Å². The number of hydrogen-bond donors (Lipinski definition) is 2. The van der Waals surface area contributed by atoms with Gasteiger partial charge in [0.25, 0.3) is 5.91 Å². The van der Waals surface area contributed by atoms with E-state index in [9.17, 15) is 9.59 Å². The molecule has 1 atom stereocenters. The van der Waals surface area contributed by atoms with Crippen molar-refractivity contribution >= 4 is 33.5 Å². The number of amides is 1. The van der Waals surface area contributed by atoms with Gasteiger partial charge in [0.1, 0.15) is 0 Å².